The van der Waals surface area contributed by atoms with Gasteiger partial charge in [0.05, 0.1) is 36.8 Å². The van der Waals surface area contributed by atoms with E-state index in [1.165, 1.54) is 26.0 Å². The van der Waals surface area contributed by atoms with E-state index in [0.29, 0.717) is 56.7 Å². The number of benzene rings is 2. The Morgan fingerprint density at radius 2 is 1.64 bits per heavy atom. The number of pyridine rings is 1. The summed E-state index contributed by atoms with van der Waals surface area (Å²) in [4.78, 5) is 42.4. The van der Waals surface area contributed by atoms with E-state index in [9.17, 15) is 45.1 Å². The second-order valence-corrected chi connectivity index (χ2v) is 14.6. The van der Waals surface area contributed by atoms with Gasteiger partial charge < -0.3 is 24.3 Å². The molecule has 0 aliphatic carbocycles. The third-order valence-electron chi connectivity index (χ3n) is 10.2. The first-order chi connectivity index (χ1) is 27.8. The number of carbonyl (C=O) groups is 2. The Hall–Kier alpha value is -4.83. The van der Waals surface area contributed by atoms with Crippen molar-refractivity contribution in [2.75, 3.05) is 40.0 Å². The van der Waals surface area contributed by atoms with Gasteiger partial charge in [-0.3, -0.25) is 14.4 Å². The first-order valence-electron chi connectivity index (χ1n) is 19.2. The van der Waals surface area contributed by atoms with E-state index in [1.54, 1.807) is 13.2 Å². The van der Waals surface area contributed by atoms with E-state index < -0.39 is 76.6 Å². The molecule has 1 aliphatic rings. The molecule has 2 aromatic carbocycles. The highest BCUT2D eigenvalue weighted by Crippen LogP contribution is 2.41. The molecule has 1 saturated heterocycles. The molecular weight excluding hydrogens is 790 g/mol. The van der Waals surface area contributed by atoms with Gasteiger partial charge >= 0.3 is 18.3 Å². The van der Waals surface area contributed by atoms with Crippen LogP contribution in [-0.2, 0) is 44.3 Å². The summed E-state index contributed by atoms with van der Waals surface area (Å²) in [5, 5.41) is 2.40. The first kappa shape index (κ1) is 46.9. The fraction of sp³-hybridized carbons (Fsp3) is 0.465. The van der Waals surface area contributed by atoms with E-state index in [1.807, 2.05) is 4.90 Å². The van der Waals surface area contributed by atoms with Crippen LogP contribution in [0.5, 0.6) is 0 Å². The van der Waals surface area contributed by atoms with Crippen LogP contribution in [0.15, 0.2) is 66.6 Å². The van der Waals surface area contributed by atoms with E-state index in [-0.39, 0.29) is 60.6 Å². The molecule has 8 nitrogen and oxygen atoms in total. The second kappa shape index (κ2) is 20.4. The van der Waals surface area contributed by atoms with Crippen molar-refractivity contribution < 1.29 is 54.2 Å². The molecular formula is C43H49F8N3O5. The van der Waals surface area contributed by atoms with E-state index in [2.05, 4.69) is 18.5 Å². The lowest BCUT2D eigenvalue weighted by Gasteiger charge is -2.39. The number of nitrogens with one attached hydrogen (secondary N) is 1. The van der Waals surface area contributed by atoms with Gasteiger partial charge in [-0.15, -0.1) is 13.2 Å². The van der Waals surface area contributed by atoms with E-state index >= 15 is 4.39 Å². The second-order valence-electron chi connectivity index (χ2n) is 14.6. The fourth-order valence-corrected chi connectivity index (χ4v) is 7.45. The summed E-state index contributed by atoms with van der Waals surface area (Å²) in [5.74, 6) is -4.38. The van der Waals surface area contributed by atoms with Gasteiger partial charge in [0.15, 0.2) is 0 Å². The summed E-state index contributed by atoms with van der Waals surface area (Å²) >= 11 is 0. The van der Waals surface area contributed by atoms with Crippen LogP contribution in [0, 0.1) is 24.5 Å². The van der Waals surface area contributed by atoms with Gasteiger partial charge in [0.2, 0.25) is 5.91 Å². The number of esters is 1. The molecule has 0 bridgehead atoms. The quantitative estimate of drug-likeness (QED) is 0.0529. The van der Waals surface area contributed by atoms with Crippen molar-refractivity contribution in [1.82, 2.24) is 14.8 Å². The van der Waals surface area contributed by atoms with Gasteiger partial charge in [0, 0.05) is 50.5 Å². The topological polar surface area (TPSA) is 89.9 Å². The zero-order chi connectivity index (χ0) is 43.7. The number of allylic oxidation sites excluding steroid dienone is 2. The molecule has 4 rings (SSSR count). The number of amides is 1. The summed E-state index contributed by atoms with van der Waals surface area (Å²) in [6.45, 7) is 11.9. The van der Waals surface area contributed by atoms with Crippen molar-refractivity contribution in [1.29, 1.82) is 0 Å². The summed E-state index contributed by atoms with van der Waals surface area (Å²) < 4.78 is 128. The lowest BCUT2D eigenvalue weighted by molar-refractivity contribution is -0.144. The van der Waals surface area contributed by atoms with Gasteiger partial charge in [-0.25, -0.2) is 8.78 Å². The fourth-order valence-electron chi connectivity index (χ4n) is 7.45. The summed E-state index contributed by atoms with van der Waals surface area (Å²) in [6.07, 6.45) is -5.70. The number of nitrogens with zero attached hydrogens (tertiary/aromatic N) is 2. The molecule has 0 unspecified atom stereocenters. The van der Waals surface area contributed by atoms with Crippen molar-refractivity contribution in [3.05, 3.63) is 117 Å². The maximum atomic E-state index is 16.3. The number of ether oxygens (including phenoxy) is 2. The number of alkyl halides is 6. The molecule has 16 heteroatoms. The largest absolute Gasteiger partial charge is 0.466 e. The monoisotopic (exact) mass is 839 g/mol. The van der Waals surface area contributed by atoms with Gasteiger partial charge in [-0.2, -0.15) is 26.3 Å². The highest BCUT2D eigenvalue weighted by molar-refractivity contribution is 5.82. The Balaban J connectivity index is 1.83. The van der Waals surface area contributed by atoms with Crippen LogP contribution in [-0.4, -0.2) is 61.3 Å². The van der Waals surface area contributed by atoms with Crippen LogP contribution in [0.2, 0.25) is 0 Å². The maximum absolute atomic E-state index is 16.3. The number of aryl methyl sites for hydroxylation is 2. The summed E-state index contributed by atoms with van der Waals surface area (Å²) in [7, 11) is 1.54. The molecule has 322 valence electrons. The van der Waals surface area contributed by atoms with Crippen molar-refractivity contribution in [2.24, 2.45) is 5.92 Å². The van der Waals surface area contributed by atoms with Crippen molar-refractivity contribution in [2.45, 2.75) is 83.2 Å². The zero-order valence-electron chi connectivity index (χ0n) is 33.2. The number of likely N-dealkylation sites (tertiary alicyclic amines) is 1. The number of hydrogen-bond acceptors (Lipinski definition) is 6. The van der Waals surface area contributed by atoms with Gasteiger partial charge in [-0.05, 0) is 104 Å². The predicted molar refractivity (Wildman–Crippen MR) is 206 cm³/mol. The number of unbranched alkanes of at least 4 members (excludes halogenated alkanes) is 2. The maximum Gasteiger partial charge on any atom is 0.419 e. The van der Waals surface area contributed by atoms with Gasteiger partial charge in [0.25, 0.3) is 5.56 Å². The Labute approximate surface area is 337 Å². The number of aromatic nitrogens is 1. The van der Waals surface area contributed by atoms with Crippen LogP contribution >= 0.6 is 0 Å². The van der Waals surface area contributed by atoms with Crippen molar-refractivity contribution in [3.8, 4) is 11.1 Å². The Morgan fingerprint density at radius 3 is 2.25 bits per heavy atom. The van der Waals surface area contributed by atoms with Crippen LogP contribution in [0.1, 0.15) is 84.5 Å². The highest BCUT2D eigenvalue weighted by Gasteiger charge is 2.39. The van der Waals surface area contributed by atoms with Crippen LogP contribution in [0.4, 0.5) is 35.1 Å². The normalized spacial score (nSPS) is 14.7. The molecule has 0 radical (unpaired) electrons. The smallest absolute Gasteiger partial charge is 0.419 e. The molecule has 2 atom stereocenters. The minimum Gasteiger partial charge on any atom is -0.466 e. The molecule has 59 heavy (non-hydrogen) atoms. The number of halogens is 8. The molecule has 1 N–H and O–H groups in total. The minimum atomic E-state index is -5.28. The van der Waals surface area contributed by atoms with E-state index in [0.717, 1.165) is 22.9 Å². The summed E-state index contributed by atoms with van der Waals surface area (Å²) in [6, 6.07) is 0.823. The first-order valence-corrected chi connectivity index (χ1v) is 19.2. The zero-order valence-corrected chi connectivity index (χ0v) is 33.2. The molecule has 0 spiro atoms. The van der Waals surface area contributed by atoms with E-state index in [4.69, 9.17) is 9.47 Å². The molecule has 1 aromatic heterocycles. The third kappa shape index (κ3) is 12.1. The molecule has 1 fully saturated rings. The molecule has 0 saturated carbocycles. The third-order valence-corrected chi connectivity index (χ3v) is 10.2. The molecule has 3 aromatic rings. The number of hydrogen-bond donors (Lipinski definition) is 1. The summed E-state index contributed by atoms with van der Waals surface area (Å²) in [5.41, 5.74) is -4.58. The Kier molecular flexibility index (Phi) is 16.2. The van der Waals surface area contributed by atoms with Gasteiger partial charge in [0.1, 0.15) is 17.7 Å². The minimum absolute atomic E-state index is 0.153. The number of carbonyl (C=O) groups excluding carboxylic acids is 2. The lowest BCUT2D eigenvalue weighted by Crippen LogP contribution is -2.49. The Morgan fingerprint density at radius 1 is 0.949 bits per heavy atom. The van der Waals surface area contributed by atoms with Crippen molar-refractivity contribution >= 4 is 11.9 Å². The lowest BCUT2D eigenvalue weighted by atomic mass is 9.88. The van der Waals surface area contributed by atoms with Crippen LogP contribution in [0.3, 0.4) is 0 Å². The Bertz CT molecular complexity index is 2040. The number of rotatable bonds is 20. The molecule has 1 aliphatic heterocycles. The molecule has 2 heterocycles. The van der Waals surface area contributed by atoms with Gasteiger partial charge in [-0.1, -0.05) is 12.2 Å². The van der Waals surface area contributed by atoms with Crippen LogP contribution < -0.4 is 10.9 Å². The average Bonchev–Trinajstić information content (AvgIpc) is 3.12. The SMILES string of the molecule is C=CCCCCc1cc(F)cc(C)c1-c1cc([C@H](CC(=O)OCC)NC(=O)[C@H](CC=C)n2cc(CCN3CC(COC)C3)c(C(F)(F)F)cc2=O)c(F)c(C(F)(F)F)c1. The van der Waals surface area contributed by atoms with Crippen molar-refractivity contribution in [3.63, 3.8) is 0 Å². The highest BCUT2D eigenvalue weighted by atomic mass is 19.4. The average molecular weight is 840 g/mol. The molecule has 1 amide bonds. The number of methoxy groups -OCH3 is 1. The van der Waals surface area contributed by atoms with Crippen LogP contribution in [0.25, 0.3) is 11.1 Å². The standard InChI is InChI=1S/C43H49F8N3O5/c1-6-9-10-11-13-28-17-31(44)16-26(4)39(28)30-18-32(40(45)34(19-30)43(49,50)51)35(21-38(56)59-8-3)52-41(57)36(12-7-2)54-24-29(33(20-37(54)55)42(46,47)48)14-15-53-22-27(23-53)25-58-5/h6-7,16-20,24,27,35-36H,1-2,8-15,21-23,25H2,3-5H3,(H,52,57)/t35-,36-/m0/s1. The predicted octanol–water partition coefficient (Wildman–Crippen LogP) is 9.09.